The maximum absolute atomic E-state index is 15.0. The number of pyridine rings is 1. The average Bonchev–Trinajstić information content (AvgIpc) is 3.25. The number of nitrogens with zero attached hydrogens (tertiary/aromatic N) is 5. The van der Waals surface area contributed by atoms with Crippen molar-refractivity contribution in [2.24, 2.45) is 5.92 Å². The summed E-state index contributed by atoms with van der Waals surface area (Å²) in [4.78, 5) is 24.1. The number of benzene rings is 1. The third-order valence-electron chi connectivity index (χ3n) is 8.06. The molecule has 3 fully saturated rings. The van der Waals surface area contributed by atoms with Crippen molar-refractivity contribution in [3.63, 3.8) is 0 Å². The number of rotatable bonds is 5. The summed E-state index contributed by atoms with van der Waals surface area (Å²) in [6, 6.07) is 7.07. The normalized spacial score (nSPS) is 22.6. The van der Waals surface area contributed by atoms with Crippen LogP contribution in [-0.2, 0) is 10.2 Å². The number of halogens is 1. The molecule has 1 amide bonds. The van der Waals surface area contributed by atoms with Crippen LogP contribution in [-0.4, -0.2) is 51.8 Å². The summed E-state index contributed by atoms with van der Waals surface area (Å²) in [5, 5.41) is 7.26. The molecule has 3 aromatic heterocycles. The minimum atomic E-state index is -0.516. The SMILES string of the molecule is Cc1nc2cc(-c3cc(NC(=O)c4cnc(C56CCC5C6)o4)c(F)cc3C)cc(N3CCOCC3)n2n1. The van der Waals surface area contributed by atoms with E-state index in [1.165, 1.54) is 18.7 Å². The zero-order valence-corrected chi connectivity index (χ0v) is 20.8. The van der Waals surface area contributed by atoms with Crippen LogP contribution in [0.1, 0.15) is 47.1 Å². The summed E-state index contributed by atoms with van der Waals surface area (Å²) in [5.74, 6) is 1.90. The Labute approximate surface area is 212 Å². The Hall–Kier alpha value is -3.79. The molecule has 2 saturated carbocycles. The summed E-state index contributed by atoms with van der Waals surface area (Å²) in [6.45, 7) is 6.46. The van der Waals surface area contributed by atoms with Gasteiger partial charge in [-0.1, -0.05) is 0 Å². The van der Waals surface area contributed by atoms with E-state index in [1.807, 2.05) is 30.5 Å². The topological polar surface area (TPSA) is 97.8 Å². The Morgan fingerprint density at radius 2 is 2.03 bits per heavy atom. The van der Waals surface area contributed by atoms with Gasteiger partial charge in [0, 0.05) is 13.1 Å². The van der Waals surface area contributed by atoms with E-state index in [4.69, 9.17) is 9.15 Å². The first-order chi connectivity index (χ1) is 17.9. The second-order valence-corrected chi connectivity index (χ2v) is 10.4. The number of amides is 1. The molecular weight excluding hydrogens is 475 g/mol. The van der Waals surface area contributed by atoms with Crippen LogP contribution in [0.15, 0.2) is 34.9 Å². The van der Waals surface area contributed by atoms with Gasteiger partial charge in [0.15, 0.2) is 5.65 Å². The number of anilines is 2. The minimum Gasteiger partial charge on any atom is -0.435 e. The molecule has 10 heteroatoms. The van der Waals surface area contributed by atoms with Crippen molar-refractivity contribution in [1.29, 1.82) is 0 Å². The van der Waals surface area contributed by atoms with Gasteiger partial charge in [0.2, 0.25) is 11.7 Å². The van der Waals surface area contributed by atoms with Crippen molar-refractivity contribution in [2.75, 3.05) is 36.5 Å². The highest BCUT2D eigenvalue weighted by molar-refractivity contribution is 6.02. The number of carbonyl (C=O) groups excluding carboxylic acids is 1. The van der Waals surface area contributed by atoms with Crippen LogP contribution in [0.2, 0.25) is 0 Å². The number of nitrogens with one attached hydrogen (secondary N) is 1. The van der Waals surface area contributed by atoms with Crippen molar-refractivity contribution in [3.8, 4) is 11.1 Å². The Morgan fingerprint density at radius 1 is 1.19 bits per heavy atom. The van der Waals surface area contributed by atoms with Crippen molar-refractivity contribution in [2.45, 2.75) is 38.5 Å². The smallest absolute Gasteiger partial charge is 0.293 e. The van der Waals surface area contributed by atoms with Crippen molar-refractivity contribution >= 4 is 23.1 Å². The molecule has 190 valence electrons. The molecular formula is C27H27FN6O3. The zero-order chi connectivity index (χ0) is 25.3. The molecule has 0 spiro atoms. The second-order valence-electron chi connectivity index (χ2n) is 10.4. The van der Waals surface area contributed by atoms with Crippen molar-refractivity contribution < 1.29 is 18.3 Å². The lowest BCUT2D eigenvalue weighted by Crippen LogP contribution is -2.37. The van der Waals surface area contributed by atoms with Gasteiger partial charge in [0.25, 0.3) is 5.91 Å². The standard InChI is InChI=1S/C27H27FN6O3/c1-15-9-20(28)21(31-25(35)22-14-29-26(37-22)27-4-3-18(27)13-27)12-19(15)17-10-23-30-16(2)32-34(23)24(11-17)33-5-7-36-8-6-33/h9-12,14,18H,3-8,13H2,1-2H3,(H,31,35). The van der Waals surface area contributed by atoms with Crippen LogP contribution in [0.25, 0.3) is 16.8 Å². The van der Waals surface area contributed by atoms with E-state index in [9.17, 15) is 4.79 Å². The number of oxazole rings is 1. The molecule has 4 aromatic rings. The van der Waals surface area contributed by atoms with Gasteiger partial charge in [-0.15, -0.1) is 5.10 Å². The molecule has 7 rings (SSSR count). The fourth-order valence-corrected chi connectivity index (χ4v) is 5.77. The van der Waals surface area contributed by atoms with Crippen LogP contribution in [0.5, 0.6) is 0 Å². The highest BCUT2D eigenvalue weighted by atomic mass is 19.1. The van der Waals surface area contributed by atoms with Gasteiger partial charge >= 0.3 is 0 Å². The lowest BCUT2D eigenvalue weighted by atomic mass is 9.85. The lowest BCUT2D eigenvalue weighted by molar-refractivity contribution is 0.0992. The van der Waals surface area contributed by atoms with Crippen LogP contribution in [0.3, 0.4) is 0 Å². The molecule has 0 radical (unpaired) electrons. The summed E-state index contributed by atoms with van der Waals surface area (Å²) in [5.41, 5.74) is 3.23. The van der Waals surface area contributed by atoms with E-state index in [0.29, 0.717) is 36.5 Å². The first kappa shape index (κ1) is 22.4. The van der Waals surface area contributed by atoms with Crippen LogP contribution in [0, 0.1) is 25.6 Å². The van der Waals surface area contributed by atoms with Crippen molar-refractivity contribution in [1.82, 2.24) is 19.6 Å². The highest BCUT2D eigenvalue weighted by Gasteiger charge is 2.65. The van der Waals surface area contributed by atoms with Crippen LogP contribution in [0.4, 0.5) is 15.9 Å². The number of hydrogen-bond acceptors (Lipinski definition) is 7. The maximum Gasteiger partial charge on any atom is 0.293 e. The molecule has 9 nitrogen and oxygen atoms in total. The third kappa shape index (κ3) is 3.61. The quantitative estimate of drug-likeness (QED) is 0.435. The molecule has 2 atom stereocenters. The first-order valence-electron chi connectivity index (χ1n) is 12.7. The number of aromatic nitrogens is 4. The van der Waals surface area contributed by atoms with Gasteiger partial charge in [0.05, 0.1) is 30.5 Å². The van der Waals surface area contributed by atoms with Gasteiger partial charge in [-0.05, 0) is 80.0 Å². The van der Waals surface area contributed by atoms with Crippen molar-refractivity contribution in [3.05, 3.63) is 59.3 Å². The number of aryl methyl sites for hydroxylation is 2. The van der Waals surface area contributed by atoms with Gasteiger partial charge in [-0.2, -0.15) is 4.52 Å². The third-order valence-corrected chi connectivity index (χ3v) is 8.06. The molecule has 4 heterocycles. The van der Waals surface area contributed by atoms with Gasteiger partial charge in [0.1, 0.15) is 17.5 Å². The number of morpholine rings is 1. The van der Waals surface area contributed by atoms with Gasteiger partial charge < -0.3 is 19.4 Å². The molecule has 3 aliphatic rings. The molecule has 1 aromatic carbocycles. The highest BCUT2D eigenvalue weighted by Crippen LogP contribution is 2.67. The summed E-state index contributed by atoms with van der Waals surface area (Å²) < 4.78 is 28.2. The van der Waals surface area contributed by atoms with Crippen LogP contribution >= 0.6 is 0 Å². The molecule has 1 N–H and O–H groups in total. The Bertz CT molecular complexity index is 1550. The van der Waals surface area contributed by atoms with Crippen LogP contribution < -0.4 is 10.2 Å². The molecule has 1 saturated heterocycles. The number of carbonyl (C=O) groups is 1. The average molecular weight is 503 g/mol. The largest absolute Gasteiger partial charge is 0.435 e. The number of ether oxygens (including phenoxy) is 1. The minimum absolute atomic E-state index is 0.0394. The van der Waals surface area contributed by atoms with Gasteiger partial charge in [-0.3, -0.25) is 4.79 Å². The Morgan fingerprint density at radius 3 is 2.76 bits per heavy atom. The second kappa shape index (κ2) is 8.11. The summed E-state index contributed by atoms with van der Waals surface area (Å²) in [7, 11) is 0. The lowest BCUT2D eigenvalue weighted by Gasteiger charge is -2.29. The number of fused-ring (bicyclic) bond motifs is 2. The number of hydrogen-bond donors (Lipinski definition) is 1. The molecule has 2 aliphatic carbocycles. The fourth-order valence-electron chi connectivity index (χ4n) is 5.77. The van der Waals surface area contributed by atoms with E-state index in [1.54, 1.807) is 6.07 Å². The molecule has 1 aliphatic heterocycles. The summed E-state index contributed by atoms with van der Waals surface area (Å²) >= 11 is 0. The predicted molar refractivity (Wildman–Crippen MR) is 134 cm³/mol. The molecule has 2 unspecified atom stereocenters. The fraction of sp³-hybridized carbons (Fsp3) is 0.407. The van der Waals surface area contributed by atoms with E-state index in [2.05, 4.69) is 25.3 Å². The van der Waals surface area contributed by atoms with E-state index < -0.39 is 11.7 Å². The summed E-state index contributed by atoms with van der Waals surface area (Å²) in [6.07, 6.45) is 4.76. The predicted octanol–water partition coefficient (Wildman–Crippen LogP) is 4.28. The zero-order valence-electron chi connectivity index (χ0n) is 20.8. The Balaban J connectivity index is 1.23. The Kier molecular flexibility index (Phi) is 4.91. The maximum atomic E-state index is 15.0. The van der Waals surface area contributed by atoms with E-state index >= 15 is 4.39 Å². The molecule has 0 bridgehead atoms. The first-order valence-corrected chi connectivity index (χ1v) is 12.7. The van der Waals surface area contributed by atoms with Gasteiger partial charge in [-0.25, -0.2) is 14.4 Å². The monoisotopic (exact) mass is 502 g/mol. The van der Waals surface area contributed by atoms with E-state index in [0.717, 1.165) is 48.4 Å². The van der Waals surface area contributed by atoms with E-state index in [-0.39, 0.29) is 16.9 Å². The molecule has 37 heavy (non-hydrogen) atoms.